The molecule has 0 aromatic rings. The van der Waals surface area contributed by atoms with Gasteiger partial charge in [-0.25, -0.2) is 13.6 Å². The highest BCUT2D eigenvalue weighted by Crippen LogP contribution is 2.49. The van der Waals surface area contributed by atoms with E-state index in [4.69, 9.17) is 9.84 Å². The Balaban J connectivity index is 2.52. The fourth-order valence-electron chi connectivity index (χ4n) is 1.25. The lowest BCUT2D eigenvalue weighted by molar-refractivity contribution is -0.140. The molecule has 1 fully saturated rings. The van der Waals surface area contributed by atoms with Crippen LogP contribution in [0.5, 0.6) is 0 Å². The first-order valence-corrected chi connectivity index (χ1v) is 4.66. The summed E-state index contributed by atoms with van der Waals surface area (Å²) in [4.78, 5) is 21.5. The SMILES string of the molecule is CC(C)(C)OC(=O)NC1C(C(=O)O)C1(F)F. The number of carbonyl (C=O) groups excluding carboxylic acids is 1. The summed E-state index contributed by atoms with van der Waals surface area (Å²) in [6.45, 7) is 4.73. The zero-order valence-corrected chi connectivity index (χ0v) is 9.08. The molecule has 1 aliphatic carbocycles. The molecule has 1 saturated carbocycles. The van der Waals surface area contributed by atoms with Crippen molar-refractivity contribution in [3.8, 4) is 0 Å². The Morgan fingerprint density at radius 2 is 1.88 bits per heavy atom. The van der Waals surface area contributed by atoms with Crippen LogP contribution in [0.15, 0.2) is 0 Å². The predicted octanol–water partition coefficient (Wildman–Crippen LogP) is 1.23. The number of hydrogen-bond acceptors (Lipinski definition) is 3. The van der Waals surface area contributed by atoms with E-state index in [1.807, 2.05) is 5.32 Å². The molecule has 0 aromatic carbocycles. The first kappa shape index (κ1) is 12.7. The average molecular weight is 237 g/mol. The number of hydrogen-bond donors (Lipinski definition) is 2. The highest BCUT2D eigenvalue weighted by Gasteiger charge is 2.73. The maximum absolute atomic E-state index is 12.9. The summed E-state index contributed by atoms with van der Waals surface area (Å²) in [5.41, 5.74) is -0.813. The van der Waals surface area contributed by atoms with Crippen molar-refractivity contribution in [1.29, 1.82) is 0 Å². The zero-order valence-electron chi connectivity index (χ0n) is 9.08. The Morgan fingerprint density at radius 1 is 1.38 bits per heavy atom. The molecule has 0 saturated heterocycles. The van der Waals surface area contributed by atoms with E-state index in [1.54, 1.807) is 20.8 Å². The Labute approximate surface area is 90.8 Å². The van der Waals surface area contributed by atoms with Gasteiger partial charge in [0, 0.05) is 0 Å². The van der Waals surface area contributed by atoms with E-state index in [-0.39, 0.29) is 0 Å². The molecule has 1 rings (SSSR count). The molecule has 1 aliphatic rings. The number of amides is 1. The highest BCUT2D eigenvalue weighted by atomic mass is 19.3. The molecule has 2 N–H and O–H groups in total. The molecule has 2 atom stereocenters. The monoisotopic (exact) mass is 237 g/mol. The number of nitrogens with one attached hydrogen (secondary N) is 1. The number of aliphatic carboxylic acids is 1. The van der Waals surface area contributed by atoms with Gasteiger partial charge in [-0.2, -0.15) is 0 Å². The summed E-state index contributed by atoms with van der Waals surface area (Å²) in [6.07, 6.45) is -1.04. The molecule has 0 heterocycles. The molecule has 2 unspecified atom stereocenters. The van der Waals surface area contributed by atoms with Crippen LogP contribution in [0.2, 0.25) is 0 Å². The lowest BCUT2D eigenvalue weighted by Gasteiger charge is -2.19. The number of carboxylic acids is 1. The van der Waals surface area contributed by atoms with Gasteiger partial charge in [-0.05, 0) is 20.8 Å². The zero-order chi connectivity index (χ0) is 12.7. The summed E-state index contributed by atoms with van der Waals surface area (Å²) >= 11 is 0. The Bertz CT molecular complexity index is 324. The molecule has 0 aliphatic heterocycles. The lowest BCUT2D eigenvalue weighted by atomic mass is 10.2. The van der Waals surface area contributed by atoms with Crippen molar-refractivity contribution in [2.45, 2.75) is 38.3 Å². The van der Waals surface area contributed by atoms with E-state index < -0.39 is 35.5 Å². The van der Waals surface area contributed by atoms with Crippen molar-refractivity contribution in [2.75, 3.05) is 0 Å². The number of alkyl carbamates (subject to hydrolysis) is 1. The third-order valence-electron chi connectivity index (χ3n) is 1.99. The van der Waals surface area contributed by atoms with Gasteiger partial charge >= 0.3 is 12.1 Å². The Morgan fingerprint density at radius 3 is 2.19 bits per heavy atom. The van der Waals surface area contributed by atoms with Gasteiger partial charge in [0.15, 0.2) is 0 Å². The predicted molar refractivity (Wildman–Crippen MR) is 49.2 cm³/mol. The molecular weight excluding hydrogens is 224 g/mol. The summed E-state index contributed by atoms with van der Waals surface area (Å²) in [7, 11) is 0. The number of carboxylic acid groups (broad SMARTS) is 1. The molecule has 0 bridgehead atoms. The van der Waals surface area contributed by atoms with Crippen molar-refractivity contribution in [1.82, 2.24) is 5.32 Å². The quantitative estimate of drug-likeness (QED) is 0.757. The van der Waals surface area contributed by atoms with Gasteiger partial charge in [-0.3, -0.25) is 4.79 Å². The Hall–Kier alpha value is -1.40. The maximum atomic E-state index is 12.9. The van der Waals surface area contributed by atoms with Crippen molar-refractivity contribution in [2.24, 2.45) is 5.92 Å². The smallest absolute Gasteiger partial charge is 0.408 e. The number of alkyl halides is 2. The second kappa shape index (κ2) is 3.57. The van der Waals surface area contributed by atoms with Crippen LogP contribution in [-0.4, -0.2) is 34.7 Å². The largest absolute Gasteiger partial charge is 0.481 e. The fraction of sp³-hybridized carbons (Fsp3) is 0.778. The van der Waals surface area contributed by atoms with Crippen LogP contribution in [-0.2, 0) is 9.53 Å². The third kappa shape index (κ3) is 2.59. The molecule has 0 radical (unpaired) electrons. The van der Waals surface area contributed by atoms with E-state index in [0.717, 1.165) is 0 Å². The van der Waals surface area contributed by atoms with Gasteiger partial charge in [0.2, 0.25) is 0 Å². The van der Waals surface area contributed by atoms with Crippen molar-refractivity contribution in [3.05, 3.63) is 0 Å². The fourth-order valence-corrected chi connectivity index (χ4v) is 1.25. The van der Waals surface area contributed by atoms with Crippen molar-refractivity contribution < 1.29 is 28.2 Å². The van der Waals surface area contributed by atoms with E-state index in [1.165, 1.54) is 0 Å². The average Bonchev–Trinajstić information content (AvgIpc) is 2.47. The van der Waals surface area contributed by atoms with Crippen molar-refractivity contribution >= 4 is 12.1 Å². The van der Waals surface area contributed by atoms with Gasteiger partial charge in [-0.15, -0.1) is 0 Å². The van der Waals surface area contributed by atoms with E-state index in [0.29, 0.717) is 0 Å². The van der Waals surface area contributed by atoms with E-state index in [2.05, 4.69) is 0 Å². The van der Waals surface area contributed by atoms with Gasteiger partial charge in [0.1, 0.15) is 17.6 Å². The van der Waals surface area contributed by atoms with Crippen LogP contribution < -0.4 is 5.32 Å². The topological polar surface area (TPSA) is 75.6 Å². The minimum absolute atomic E-state index is 0.813. The summed E-state index contributed by atoms with van der Waals surface area (Å²) < 4.78 is 30.4. The molecule has 1 amide bonds. The second-order valence-corrected chi connectivity index (χ2v) is 4.61. The summed E-state index contributed by atoms with van der Waals surface area (Å²) in [5, 5.41) is 10.3. The number of halogens is 2. The van der Waals surface area contributed by atoms with Crippen LogP contribution in [0.25, 0.3) is 0 Å². The first-order chi connectivity index (χ1) is 7.05. The summed E-state index contributed by atoms with van der Waals surface area (Å²) in [5.74, 6) is -6.89. The highest BCUT2D eigenvalue weighted by molar-refractivity contribution is 5.80. The minimum Gasteiger partial charge on any atom is -0.481 e. The molecule has 5 nitrogen and oxygen atoms in total. The molecule has 0 spiro atoms. The molecular formula is C9H13F2NO4. The van der Waals surface area contributed by atoms with E-state index >= 15 is 0 Å². The minimum atomic E-state index is -3.40. The Kier molecular flexibility index (Phi) is 2.82. The maximum Gasteiger partial charge on any atom is 0.408 e. The molecule has 0 aromatic heterocycles. The van der Waals surface area contributed by atoms with Crippen LogP contribution in [0.1, 0.15) is 20.8 Å². The van der Waals surface area contributed by atoms with Crippen LogP contribution in [0.3, 0.4) is 0 Å². The number of carbonyl (C=O) groups is 2. The first-order valence-electron chi connectivity index (χ1n) is 4.66. The van der Waals surface area contributed by atoms with E-state index in [9.17, 15) is 18.4 Å². The summed E-state index contributed by atoms with van der Waals surface area (Å²) in [6, 6.07) is -1.68. The normalized spacial score (nSPS) is 27.1. The second-order valence-electron chi connectivity index (χ2n) is 4.61. The molecule has 16 heavy (non-hydrogen) atoms. The number of rotatable bonds is 2. The van der Waals surface area contributed by atoms with Crippen LogP contribution in [0.4, 0.5) is 13.6 Å². The molecule has 92 valence electrons. The van der Waals surface area contributed by atoms with Gasteiger partial charge < -0.3 is 15.2 Å². The van der Waals surface area contributed by atoms with Gasteiger partial charge in [0.25, 0.3) is 5.92 Å². The lowest BCUT2D eigenvalue weighted by Crippen LogP contribution is -2.36. The van der Waals surface area contributed by atoms with Crippen LogP contribution >= 0.6 is 0 Å². The third-order valence-corrected chi connectivity index (χ3v) is 1.99. The van der Waals surface area contributed by atoms with Gasteiger partial charge in [-0.1, -0.05) is 0 Å². The van der Waals surface area contributed by atoms with Crippen LogP contribution in [0, 0.1) is 5.92 Å². The van der Waals surface area contributed by atoms with Gasteiger partial charge in [0.05, 0.1) is 0 Å². The number of ether oxygens (including phenoxy) is 1. The molecule has 7 heteroatoms. The standard InChI is InChI=1S/C9H13F2NO4/c1-8(2,3)16-7(15)12-5-4(6(13)14)9(5,10)11/h4-5H,1-3H3,(H,12,15)(H,13,14). The van der Waals surface area contributed by atoms with Crippen molar-refractivity contribution in [3.63, 3.8) is 0 Å².